The van der Waals surface area contributed by atoms with Gasteiger partial charge in [-0.2, -0.15) is 0 Å². The zero-order valence-corrected chi connectivity index (χ0v) is 8.43. The lowest BCUT2D eigenvalue weighted by atomic mass is 9.72. The Morgan fingerprint density at radius 1 is 1.36 bits per heavy atom. The summed E-state index contributed by atoms with van der Waals surface area (Å²) in [6, 6.07) is 4.76. The summed E-state index contributed by atoms with van der Waals surface area (Å²) in [6.07, 6.45) is 1.27. The molecule has 0 amide bonds. The molecule has 1 aliphatic rings. The van der Waals surface area contributed by atoms with Crippen LogP contribution in [0.5, 0.6) is 0 Å². The smallest absolute Gasteiger partial charge is 0.163 e. The van der Waals surface area contributed by atoms with Crippen molar-refractivity contribution in [3.8, 4) is 0 Å². The van der Waals surface area contributed by atoms with Crippen LogP contribution in [0.4, 0.5) is 4.39 Å². The van der Waals surface area contributed by atoms with Crippen LogP contribution in [-0.2, 0) is 5.41 Å². The number of ketones is 1. The minimum atomic E-state index is -0.249. The second-order valence-electron chi connectivity index (χ2n) is 4.47. The van der Waals surface area contributed by atoms with Gasteiger partial charge < -0.3 is 0 Å². The lowest BCUT2D eigenvalue weighted by molar-refractivity contribution is 0.0955. The van der Waals surface area contributed by atoms with Gasteiger partial charge in [0.1, 0.15) is 5.82 Å². The van der Waals surface area contributed by atoms with E-state index in [9.17, 15) is 9.18 Å². The third kappa shape index (κ3) is 1.26. The summed E-state index contributed by atoms with van der Waals surface area (Å²) in [4.78, 5) is 11.6. The van der Waals surface area contributed by atoms with E-state index < -0.39 is 0 Å². The third-order valence-electron chi connectivity index (χ3n) is 2.97. The quantitative estimate of drug-likeness (QED) is 0.617. The minimum absolute atomic E-state index is 0.0684. The highest BCUT2D eigenvalue weighted by molar-refractivity contribution is 5.99. The maximum atomic E-state index is 13.6. The second-order valence-corrected chi connectivity index (χ2v) is 4.47. The number of hydrogen-bond acceptors (Lipinski definition) is 1. The van der Waals surface area contributed by atoms with E-state index in [1.54, 1.807) is 12.1 Å². The van der Waals surface area contributed by atoms with Crippen LogP contribution >= 0.6 is 0 Å². The Bertz CT molecular complexity index is 393. The first-order valence-corrected chi connectivity index (χ1v) is 4.84. The number of hydrogen-bond donors (Lipinski definition) is 0. The van der Waals surface area contributed by atoms with Gasteiger partial charge >= 0.3 is 0 Å². The molecule has 0 N–H and O–H groups in total. The van der Waals surface area contributed by atoms with Gasteiger partial charge in [0, 0.05) is 17.5 Å². The summed E-state index contributed by atoms with van der Waals surface area (Å²) < 4.78 is 13.6. The molecule has 1 aromatic rings. The van der Waals surface area contributed by atoms with Crippen LogP contribution in [0.1, 0.15) is 42.6 Å². The highest BCUT2D eigenvalue weighted by Gasteiger charge is 2.33. The van der Waals surface area contributed by atoms with Crippen molar-refractivity contribution in [2.75, 3.05) is 0 Å². The topological polar surface area (TPSA) is 17.1 Å². The molecule has 0 bridgehead atoms. The first-order valence-electron chi connectivity index (χ1n) is 4.84. The molecule has 1 aliphatic carbocycles. The molecule has 2 heteroatoms. The van der Waals surface area contributed by atoms with Crippen molar-refractivity contribution in [3.63, 3.8) is 0 Å². The Morgan fingerprint density at radius 3 is 2.71 bits per heavy atom. The monoisotopic (exact) mass is 192 g/mol. The summed E-state index contributed by atoms with van der Waals surface area (Å²) in [6.45, 7) is 3.97. The Labute approximate surface area is 82.9 Å². The molecule has 0 aliphatic heterocycles. The zero-order chi connectivity index (χ0) is 10.3. The maximum absolute atomic E-state index is 13.6. The van der Waals surface area contributed by atoms with Crippen LogP contribution in [0.2, 0.25) is 0 Å². The van der Waals surface area contributed by atoms with Crippen molar-refractivity contribution >= 4 is 5.78 Å². The fourth-order valence-electron chi connectivity index (χ4n) is 2.13. The molecule has 1 nitrogen and oxygen atoms in total. The van der Waals surface area contributed by atoms with E-state index in [0.717, 1.165) is 6.42 Å². The average molecular weight is 192 g/mol. The van der Waals surface area contributed by atoms with E-state index in [-0.39, 0.29) is 17.0 Å². The summed E-state index contributed by atoms with van der Waals surface area (Å²) in [7, 11) is 0. The molecule has 0 aromatic heterocycles. The highest BCUT2D eigenvalue weighted by atomic mass is 19.1. The third-order valence-corrected chi connectivity index (χ3v) is 2.97. The van der Waals surface area contributed by atoms with Gasteiger partial charge in [-0.25, -0.2) is 4.39 Å². The Kier molecular flexibility index (Phi) is 1.95. The molecule has 74 valence electrons. The van der Waals surface area contributed by atoms with E-state index in [1.165, 1.54) is 6.07 Å². The van der Waals surface area contributed by atoms with Crippen LogP contribution in [0.3, 0.4) is 0 Å². The molecule has 14 heavy (non-hydrogen) atoms. The van der Waals surface area contributed by atoms with Crippen LogP contribution in [-0.4, -0.2) is 5.78 Å². The molecule has 2 rings (SSSR count). The number of Topliss-reactive ketones (excluding diaryl/α,β-unsaturated/α-hetero) is 1. The summed E-state index contributed by atoms with van der Waals surface area (Å²) in [5.41, 5.74) is 0.951. The molecular weight excluding hydrogens is 179 g/mol. The highest BCUT2D eigenvalue weighted by Crippen LogP contribution is 2.37. The number of halogens is 1. The van der Waals surface area contributed by atoms with Crippen LogP contribution in [0.25, 0.3) is 0 Å². The molecule has 0 saturated heterocycles. The van der Waals surface area contributed by atoms with Crippen molar-refractivity contribution in [2.24, 2.45) is 0 Å². The predicted octanol–water partition coefficient (Wildman–Crippen LogP) is 3.08. The van der Waals surface area contributed by atoms with E-state index in [4.69, 9.17) is 0 Å². The summed E-state index contributed by atoms with van der Waals surface area (Å²) in [5, 5.41) is 0. The second kappa shape index (κ2) is 2.91. The van der Waals surface area contributed by atoms with Gasteiger partial charge in [-0.05, 0) is 17.9 Å². The minimum Gasteiger partial charge on any atom is -0.294 e. The van der Waals surface area contributed by atoms with Gasteiger partial charge in [-0.15, -0.1) is 0 Å². The van der Waals surface area contributed by atoms with Crippen molar-refractivity contribution in [3.05, 3.63) is 35.1 Å². The average Bonchev–Trinajstić information content (AvgIpc) is 2.12. The zero-order valence-electron chi connectivity index (χ0n) is 8.43. The number of rotatable bonds is 0. The van der Waals surface area contributed by atoms with E-state index in [0.29, 0.717) is 17.5 Å². The largest absolute Gasteiger partial charge is 0.294 e. The summed E-state index contributed by atoms with van der Waals surface area (Å²) >= 11 is 0. The molecule has 0 unspecified atom stereocenters. The number of benzene rings is 1. The molecular formula is C12H13FO. The number of fused-ring (bicyclic) bond motifs is 1. The van der Waals surface area contributed by atoms with Gasteiger partial charge in [0.05, 0.1) is 0 Å². The van der Waals surface area contributed by atoms with Gasteiger partial charge in [-0.1, -0.05) is 26.0 Å². The van der Waals surface area contributed by atoms with Gasteiger partial charge in [0.15, 0.2) is 5.78 Å². The van der Waals surface area contributed by atoms with Gasteiger partial charge in [-0.3, -0.25) is 4.79 Å². The Morgan fingerprint density at radius 2 is 2.07 bits per heavy atom. The normalized spacial score (nSPS) is 19.2. The van der Waals surface area contributed by atoms with Gasteiger partial charge in [0.25, 0.3) is 0 Å². The summed E-state index contributed by atoms with van der Waals surface area (Å²) in [5.74, 6) is -0.181. The first kappa shape index (κ1) is 9.38. The van der Waals surface area contributed by atoms with E-state index in [2.05, 4.69) is 0 Å². The van der Waals surface area contributed by atoms with Crippen LogP contribution in [0, 0.1) is 5.82 Å². The molecule has 0 saturated carbocycles. The fourth-order valence-corrected chi connectivity index (χ4v) is 2.13. The number of carbonyl (C=O) groups excluding carboxylic acids is 1. The van der Waals surface area contributed by atoms with E-state index >= 15 is 0 Å². The lowest BCUT2D eigenvalue weighted by Gasteiger charge is -2.31. The van der Waals surface area contributed by atoms with Crippen LogP contribution < -0.4 is 0 Å². The number of carbonyl (C=O) groups is 1. The lowest BCUT2D eigenvalue weighted by Crippen LogP contribution is -2.28. The van der Waals surface area contributed by atoms with E-state index in [1.807, 2.05) is 13.8 Å². The standard InChI is InChI=1S/C12H13FO/c1-12(2)7-6-10(14)8-4-3-5-9(13)11(8)12/h3-5H,6-7H2,1-2H3. The molecule has 0 spiro atoms. The molecule has 0 atom stereocenters. The maximum Gasteiger partial charge on any atom is 0.163 e. The fraction of sp³-hybridized carbons (Fsp3) is 0.417. The van der Waals surface area contributed by atoms with Crippen molar-refractivity contribution < 1.29 is 9.18 Å². The van der Waals surface area contributed by atoms with Crippen molar-refractivity contribution in [2.45, 2.75) is 32.1 Å². The molecule has 0 fully saturated rings. The molecule has 1 aromatic carbocycles. The van der Waals surface area contributed by atoms with Gasteiger partial charge in [0.2, 0.25) is 0 Å². The Hall–Kier alpha value is -1.18. The molecule has 0 radical (unpaired) electrons. The predicted molar refractivity (Wildman–Crippen MR) is 53.0 cm³/mol. The van der Waals surface area contributed by atoms with Crippen molar-refractivity contribution in [1.82, 2.24) is 0 Å². The SMILES string of the molecule is CC1(C)CCC(=O)c2cccc(F)c21. The van der Waals surface area contributed by atoms with Crippen molar-refractivity contribution in [1.29, 1.82) is 0 Å². The Balaban J connectivity index is 2.70. The first-order chi connectivity index (χ1) is 6.52. The molecule has 0 heterocycles. The van der Waals surface area contributed by atoms with Crippen LogP contribution in [0.15, 0.2) is 18.2 Å².